The second-order valence-electron chi connectivity index (χ2n) is 4.78. The van der Waals surface area contributed by atoms with Crippen LogP contribution < -0.4 is 4.90 Å². The third kappa shape index (κ3) is 3.63. The Hall–Kier alpha value is -2.24. The molecule has 0 saturated carbocycles. The van der Waals surface area contributed by atoms with Gasteiger partial charge in [0.05, 0.1) is 6.42 Å². The number of carboxylic acids is 1. The second-order valence-corrected chi connectivity index (χ2v) is 4.78. The topological polar surface area (TPSA) is 81.1 Å². The van der Waals surface area contributed by atoms with Crippen LogP contribution >= 0.6 is 0 Å². The zero-order chi connectivity index (χ0) is 14.5. The minimum Gasteiger partial charge on any atom is -0.508 e. The Balaban J connectivity index is 1.84. The van der Waals surface area contributed by atoms with Crippen LogP contribution in [0.3, 0.4) is 0 Å². The maximum atomic E-state index is 11.8. The number of benzene rings is 1. The number of carbonyl (C=O) groups is 2. The van der Waals surface area contributed by atoms with Crippen molar-refractivity contribution in [3.8, 4) is 5.75 Å². The Morgan fingerprint density at radius 3 is 2.15 bits per heavy atom. The zero-order valence-corrected chi connectivity index (χ0v) is 11.2. The van der Waals surface area contributed by atoms with E-state index in [1.54, 1.807) is 17.0 Å². The lowest BCUT2D eigenvalue weighted by Gasteiger charge is -2.36. The van der Waals surface area contributed by atoms with Crippen molar-refractivity contribution in [2.75, 3.05) is 31.1 Å². The SMILES string of the molecule is O=C(O)CCC(=O)N1CCN(c2ccc(O)cc2)CC1. The Morgan fingerprint density at radius 2 is 1.60 bits per heavy atom. The van der Waals surface area contributed by atoms with Crippen LogP contribution in [0.5, 0.6) is 5.75 Å². The first-order valence-electron chi connectivity index (χ1n) is 6.60. The van der Waals surface area contributed by atoms with Gasteiger partial charge in [0, 0.05) is 38.3 Å². The lowest BCUT2D eigenvalue weighted by atomic mass is 10.2. The largest absolute Gasteiger partial charge is 0.508 e. The number of hydrogen-bond donors (Lipinski definition) is 2. The van der Waals surface area contributed by atoms with Gasteiger partial charge in [0.1, 0.15) is 5.75 Å². The van der Waals surface area contributed by atoms with E-state index in [-0.39, 0.29) is 24.5 Å². The first-order valence-corrected chi connectivity index (χ1v) is 6.60. The third-order valence-corrected chi connectivity index (χ3v) is 3.40. The quantitative estimate of drug-likeness (QED) is 0.855. The molecule has 1 saturated heterocycles. The summed E-state index contributed by atoms with van der Waals surface area (Å²) < 4.78 is 0. The molecule has 1 aliphatic heterocycles. The van der Waals surface area contributed by atoms with Gasteiger partial charge in [-0.1, -0.05) is 0 Å². The van der Waals surface area contributed by atoms with E-state index in [1.165, 1.54) is 0 Å². The zero-order valence-electron chi connectivity index (χ0n) is 11.2. The van der Waals surface area contributed by atoms with Gasteiger partial charge >= 0.3 is 5.97 Å². The van der Waals surface area contributed by atoms with E-state index in [2.05, 4.69) is 4.90 Å². The Morgan fingerprint density at radius 1 is 1.00 bits per heavy atom. The Labute approximate surface area is 117 Å². The van der Waals surface area contributed by atoms with Crippen molar-refractivity contribution in [3.05, 3.63) is 24.3 Å². The summed E-state index contributed by atoms with van der Waals surface area (Å²) in [5.74, 6) is -0.810. The van der Waals surface area contributed by atoms with Crippen molar-refractivity contribution >= 4 is 17.6 Å². The fourth-order valence-electron chi connectivity index (χ4n) is 2.25. The number of nitrogens with zero attached hydrogens (tertiary/aromatic N) is 2. The smallest absolute Gasteiger partial charge is 0.303 e. The summed E-state index contributed by atoms with van der Waals surface area (Å²) in [6, 6.07) is 6.97. The van der Waals surface area contributed by atoms with Gasteiger partial charge in [-0.15, -0.1) is 0 Å². The number of rotatable bonds is 4. The molecule has 2 rings (SSSR count). The van der Waals surface area contributed by atoms with E-state index < -0.39 is 5.97 Å². The van der Waals surface area contributed by atoms with Gasteiger partial charge < -0.3 is 20.0 Å². The summed E-state index contributed by atoms with van der Waals surface area (Å²) in [5, 5.41) is 17.8. The lowest BCUT2D eigenvalue weighted by Crippen LogP contribution is -2.48. The van der Waals surface area contributed by atoms with Gasteiger partial charge in [0.2, 0.25) is 5.91 Å². The number of carbonyl (C=O) groups excluding carboxylic acids is 1. The molecular weight excluding hydrogens is 260 g/mol. The highest BCUT2D eigenvalue weighted by Crippen LogP contribution is 2.20. The number of anilines is 1. The predicted molar refractivity (Wildman–Crippen MR) is 73.8 cm³/mol. The molecule has 1 heterocycles. The molecule has 1 aromatic rings. The van der Waals surface area contributed by atoms with Crippen LogP contribution in [0.15, 0.2) is 24.3 Å². The van der Waals surface area contributed by atoms with Crippen molar-refractivity contribution in [1.29, 1.82) is 0 Å². The van der Waals surface area contributed by atoms with Crippen LogP contribution in [0.4, 0.5) is 5.69 Å². The Kier molecular flexibility index (Phi) is 4.45. The molecule has 0 radical (unpaired) electrons. The van der Waals surface area contributed by atoms with Gasteiger partial charge in [-0.3, -0.25) is 9.59 Å². The van der Waals surface area contributed by atoms with Crippen molar-refractivity contribution in [2.45, 2.75) is 12.8 Å². The van der Waals surface area contributed by atoms with Crippen LogP contribution in [0.2, 0.25) is 0 Å². The highest BCUT2D eigenvalue weighted by Gasteiger charge is 2.21. The van der Waals surface area contributed by atoms with Crippen molar-refractivity contribution < 1.29 is 19.8 Å². The summed E-state index contributed by atoms with van der Waals surface area (Å²) in [5.41, 5.74) is 1.01. The van der Waals surface area contributed by atoms with Crippen LogP contribution in [0, 0.1) is 0 Å². The van der Waals surface area contributed by atoms with E-state index in [1.807, 2.05) is 12.1 Å². The standard InChI is InChI=1S/C14H18N2O4/c17-12-3-1-11(2-4-12)15-7-9-16(10-8-15)13(18)5-6-14(19)20/h1-4,17H,5-10H2,(H,19,20). The monoisotopic (exact) mass is 278 g/mol. The van der Waals surface area contributed by atoms with Gasteiger partial charge in [0.25, 0.3) is 0 Å². The first-order chi connectivity index (χ1) is 9.56. The lowest BCUT2D eigenvalue weighted by molar-refractivity contribution is -0.141. The van der Waals surface area contributed by atoms with E-state index in [4.69, 9.17) is 5.11 Å². The first kappa shape index (κ1) is 14.2. The van der Waals surface area contributed by atoms with Gasteiger partial charge in [-0.2, -0.15) is 0 Å². The molecule has 1 fully saturated rings. The molecule has 6 nitrogen and oxygen atoms in total. The number of aliphatic carboxylic acids is 1. The van der Waals surface area contributed by atoms with E-state index in [9.17, 15) is 14.7 Å². The minimum atomic E-state index is -0.943. The molecule has 1 amide bonds. The third-order valence-electron chi connectivity index (χ3n) is 3.40. The number of phenols is 1. The van der Waals surface area contributed by atoms with Crippen molar-refractivity contribution in [3.63, 3.8) is 0 Å². The molecule has 20 heavy (non-hydrogen) atoms. The molecule has 1 aliphatic rings. The summed E-state index contributed by atoms with van der Waals surface area (Å²) in [6.07, 6.45) is -0.0500. The normalized spacial score (nSPS) is 15.2. The van der Waals surface area contributed by atoms with Crippen molar-refractivity contribution in [1.82, 2.24) is 4.90 Å². The summed E-state index contributed by atoms with van der Waals surface area (Å²) in [4.78, 5) is 26.1. The average molecular weight is 278 g/mol. The number of phenolic OH excluding ortho intramolecular Hbond substituents is 1. The van der Waals surface area contributed by atoms with Crippen LogP contribution in [-0.4, -0.2) is 53.2 Å². The van der Waals surface area contributed by atoms with Crippen molar-refractivity contribution in [2.24, 2.45) is 0 Å². The Bertz CT molecular complexity index is 478. The molecule has 0 aromatic heterocycles. The maximum absolute atomic E-state index is 11.8. The highest BCUT2D eigenvalue weighted by atomic mass is 16.4. The summed E-state index contributed by atoms with van der Waals surface area (Å²) in [7, 11) is 0. The predicted octanol–water partition coefficient (Wildman–Crippen LogP) is 0.906. The number of hydrogen-bond acceptors (Lipinski definition) is 4. The van der Waals surface area contributed by atoms with Gasteiger partial charge in [0.15, 0.2) is 0 Å². The number of aromatic hydroxyl groups is 1. The maximum Gasteiger partial charge on any atom is 0.303 e. The van der Waals surface area contributed by atoms with E-state index in [0.29, 0.717) is 26.2 Å². The molecule has 2 N–H and O–H groups in total. The molecule has 0 aliphatic carbocycles. The fourth-order valence-corrected chi connectivity index (χ4v) is 2.25. The molecule has 1 aromatic carbocycles. The number of carboxylic acid groups (broad SMARTS) is 1. The fraction of sp³-hybridized carbons (Fsp3) is 0.429. The average Bonchev–Trinajstić information content (AvgIpc) is 2.46. The van der Waals surface area contributed by atoms with Crippen LogP contribution in [0.25, 0.3) is 0 Å². The molecule has 6 heteroatoms. The van der Waals surface area contributed by atoms with Crippen LogP contribution in [-0.2, 0) is 9.59 Å². The number of piperazine rings is 1. The van der Waals surface area contributed by atoms with Gasteiger partial charge in [-0.05, 0) is 24.3 Å². The molecule has 0 bridgehead atoms. The molecule has 0 unspecified atom stereocenters. The molecule has 0 spiro atoms. The molecule has 108 valence electrons. The van der Waals surface area contributed by atoms with Gasteiger partial charge in [-0.25, -0.2) is 0 Å². The molecule has 0 atom stereocenters. The summed E-state index contributed by atoms with van der Waals surface area (Å²) in [6.45, 7) is 2.62. The number of amides is 1. The summed E-state index contributed by atoms with van der Waals surface area (Å²) >= 11 is 0. The van der Waals surface area contributed by atoms with E-state index in [0.717, 1.165) is 5.69 Å². The van der Waals surface area contributed by atoms with E-state index >= 15 is 0 Å². The van der Waals surface area contributed by atoms with Crippen LogP contribution in [0.1, 0.15) is 12.8 Å². The minimum absolute atomic E-state index is 0.0640. The second kappa shape index (κ2) is 6.27. The molecular formula is C14H18N2O4. The highest BCUT2D eigenvalue weighted by molar-refractivity contribution is 5.81.